The lowest BCUT2D eigenvalue weighted by molar-refractivity contribution is -0.136. The summed E-state index contributed by atoms with van der Waals surface area (Å²) < 4.78 is 0. The van der Waals surface area contributed by atoms with E-state index in [-0.39, 0.29) is 25.0 Å². The molecule has 0 unspecified atom stereocenters. The molecule has 1 atom stereocenters. The molecular formula is C13H19N3O2. The van der Waals surface area contributed by atoms with Crippen molar-refractivity contribution in [2.75, 3.05) is 20.1 Å². The molecule has 18 heavy (non-hydrogen) atoms. The fourth-order valence-electron chi connectivity index (χ4n) is 1.77. The van der Waals surface area contributed by atoms with Crippen molar-refractivity contribution < 1.29 is 9.59 Å². The SMILES string of the molecule is CNCC(=O)N(CC(N)=O)[C@H](C)c1ccccc1. The maximum Gasteiger partial charge on any atom is 0.237 e. The first-order valence-corrected chi connectivity index (χ1v) is 5.83. The molecule has 0 aliphatic heterocycles. The molecule has 0 heterocycles. The van der Waals surface area contributed by atoms with Gasteiger partial charge in [-0.05, 0) is 19.5 Å². The van der Waals surface area contributed by atoms with Gasteiger partial charge in [0, 0.05) is 0 Å². The molecule has 1 aromatic rings. The summed E-state index contributed by atoms with van der Waals surface area (Å²) in [5.74, 6) is -0.658. The second kappa shape index (κ2) is 6.76. The van der Waals surface area contributed by atoms with Crippen molar-refractivity contribution in [1.82, 2.24) is 10.2 Å². The van der Waals surface area contributed by atoms with Gasteiger partial charge in [0.15, 0.2) is 0 Å². The van der Waals surface area contributed by atoms with Crippen LogP contribution in [-0.4, -0.2) is 36.9 Å². The number of nitrogens with zero attached hydrogens (tertiary/aromatic N) is 1. The second-order valence-corrected chi connectivity index (χ2v) is 4.10. The van der Waals surface area contributed by atoms with E-state index in [0.29, 0.717) is 0 Å². The average molecular weight is 249 g/mol. The van der Waals surface area contributed by atoms with Crippen molar-refractivity contribution in [2.24, 2.45) is 5.73 Å². The third-order valence-corrected chi connectivity index (χ3v) is 2.72. The molecule has 0 fully saturated rings. The lowest BCUT2D eigenvalue weighted by Gasteiger charge is -2.28. The van der Waals surface area contributed by atoms with E-state index in [0.717, 1.165) is 5.56 Å². The number of hydrogen-bond donors (Lipinski definition) is 2. The summed E-state index contributed by atoms with van der Waals surface area (Å²) in [6, 6.07) is 9.37. The van der Waals surface area contributed by atoms with Gasteiger partial charge in [0.25, 0.3) is 0 Å². The smallest absolute Gasteiger partial charge is 0.237 e. The molecule has 3 N–H and O–H groups in total. The van der Waals surface area contributed by atoms with Gasteiger partial charge in [-0.2, -0.15) is 0 Å². The Labute approximate surface area is 107 Å². The van der Waals surface area contributed by atoms with Crippen LogP contribution in [0.5, 0.6) is 0 Å². The molecule has 0 saturated carbocycles. The normalized spacial score (nSPS) is 11.9. The number of carbonyl (C=O) groups excluding carboxylic acids is 2. The van der Waals surface area contributed by atoms with E-state index >= 15 is 0 Å². The topological polar surface area (TPSA) is 75.4 Å². The molecule has 1 rings (SSSR count). The number of amides is 2. The molecular weight excluding hydrogens is 230 g/mol. The van der Waals surface area contributed by atoms with Crippen LogP contribution in [0.15, 0.2) is 30.3 Å². The van der Waals surface area contributed by atoms with Crippen molar-refractivity contribution in [3.8, 4) is 0 Å². The van der Waals surface area contributed by atoms with Crippen LogP contribution < -0.4 is 11.1 Å². The highest BCUT2D eigenvalue weighted by Crippen LogP contribution is 2.19. The molecule has 5 nitrogen and oxygen atoms in total. The first-order valence-electron chi connectivity index (χ1n) is 5.83. The van der Waals surface area contributed by atoms with Crippen LogP contribution in [0.4, 0.5) is 0 Å². The molecule has 98 valence electrons. The predicted octanol–water partition coefficient (Wildman–Crippen LogP) is 0.281. The third kappa shape index (κ3) is 3.85. The largest absolute Gasteiger partial charge is 0.368 e. The predicted molar refractivity (Wildman–Crippen MR) is 69.7 cm³/mol. The number of rotatable bonds is 6. The number of benzene rings is 1. The number of likely N-dealkylation sites (N-methyl/N-ethyl adjacent to an activating group) is 1. The molecule has 5 heteroatoms. The van der Waals surface area contributed by atoms with E-state index in [9.17, 15) is 9.59 Å². The Morgan fingerprint density at radius 1 is 1.33 bits per heavy atom. The van der Waals surface area contributed by atoms with Gasteiger partial charge in [0.2, 0.25) is 11.8 Å². The second-order valence-electron chi connectivity index (χ2n) is 4.10. The molecule has 2 amide bonds. The summed E-state index contributed by atoms with van der Waals surface area (Å²) in [5.41, 5.74) is 6.17. The Morgan fingerprint density at radius 2 is 1.94 bits per heavy atom. The minimum Gasteiger partial charge on any atom is -0.368 e. The van der Waals surface area contributed by atoms with E-state index in [1.165, 1.54) is 4.90 Å². The Morgan fingerprint density at radius 3 is 2.44 bits per heavy atom. The lowest BCUT2D eigenvalue weighted by atomic mass is 10.1. The monoisotopic (exact) mass is 249 g/mol. The van der Waals surface area contributed by atoms with E-state index < -0.39 is 5.91 Å². The Kier molecular flexibility index (Phi) is 5.32. The van der Waals surface area contributed by atoms with Crippen molar-refractivity contribution in [3.05, 3.63) is 35.9 Å². The van der Waals surface area contributed by atoms with Gasteiger partial charge in [-0.3, -0.25) is 9.59 Å². The molecule has 1 aromatic carbocycles. The molecule has 0 spiro atoms. The molecule has 0 radical (unpaired) electrons. The van der Waals surface area contributed by atoms with Crippen LogP contribution >= 0.6 is 0 Å². The van der Waals surface area contributed by atoms with Crippen molar-refractivity contribution >= 4 is 11.8 Å². The fourth-order valence-corrected chi connectivity index (χ4v) is 1.77. The van der Waals surface area contributed by atoms with Gasteiger partial charge in [0.05, 0.1) is 19.1 Å². The van der Waals surface area contributed by atoms with Crippen molar-refractivity contribution in [3.63, 3.8) is 0 Å². The van der Waals surface area contributed by atoms with Gasteiger partial charge < -0.3 is 16.0 Å². The van der Waals surface area contributed by atoms with Gasteiger partial charge in [0.1, 0.15) is 0 Å². The van der Waals surface area contributed by atoms with Gasteiger partial charge in [-0.15, -0.1) is 0 Å². The van der Waals surface area contributed by atoms with Crippen molar-refractivity contribution in [1.29, 1.82) is 0 Å². The lowest BCUT2D eigenvalue weighted by Crippen LogP contribution is -2.43. The van der Waals surface area contributed by atoms with Crippen LogP contribution in [0.1, 0.15) is 18.5 Å². The van der Waals surface area contributed by atoms with E-state index in [4.69, 9.17) is 5.73 Å². The van der Waals surface area contributed by atoms with Crippen LogP contribution in [0.25, 0.3) is 0 Å². The number of primary amides is 1. The number of nitrogens with two attached hydrogens (primary N) is 1. The minimum absolute atomic E-state index is 0.0728. The van der Waals surface area contributed by atoms with E-state index in [1.54, 1.807) is 7.05 Å². The summed E-state index contributed by atoms with van der Waals surface area (Å²) in [7, 11) is 1.69. The summed E-state index contributed by atoms with van der Waals surface area (Å²) in [5, 5.41) is 2.78. The quantitative estimate of drug-likeness (QED) is 0.760. The molecule has 0 saturated heterocycles. The summed E-state index contributed by atoms with van der Waals surface area (Å²) in [4.78, 5) is 24.5. The first-order chi connectivity index (χ1) is 8.56. The summed E-state index contributed by atoms with van der Waals surface area (Å²) in [6.45, 7) is 1.99. The van der Waals surface area contributed by atoms with E-state index in [2.05, 4.69) is 5.32 Å². The first kappa shape index (κ1) is 14.2. The van der Waals surface area contributed by atoms with Crippen LogP contribution in [-0.2, 0) is 9.59 Å². The van der Waals surface area contributed by atoms with Gasteiger partial charge in [-0.25, -0.2) is 0 Å². The van der Waals surface area contributed by atoms with Crippen molar-refractivity contribution in [2.45, 2.75) is 13.0 Å². The minimum atomic E-state index is -0.512. The van der Waals surface area contributed by atoms with Crippen LogP contribution in [0.3, 0.4) is 0 Å². The zero-order chi connectivity index (χ0) is 13.5. The summed E-state index contributed by atoms with van der Waals surface area (Å²) >= 11 is 0. The number of hydrogen-bond acceptors (Lipinski definition) is 3. The Bertz CT molecular complexity index is 406. The number of nitrogens with one attached hydrogen (secondary N) is 1. The molecule has 0 aliphatic rings. The molecule has 0 aromatic heterocycles. The average Bonchev–Trinajstić information content (AvgIpc) is 2.36. The summed E-state index contributed by atoms with van der Waals surface area (Å²) in [6.07, 6.45) is 0. The maximum absolute atomic E-state index is 11.9. The zero-order valence-corrected chi connectivity index (χ0v) is 10.7. The van der Waals surface area contributed by atoms with Gasteiger partial charge in [-0.1, -0.05) is 30.3 Å². The molecule has 0 bridgehead atoms. The highest BCUT2D eigenvalue weighted by atomic mass is 16.2. The van der Waals surface area contributed by atoms with Crippen LogP contribution in [0.2, 0.25) is 0 Å². The van der Waals surface area contributed by atoms with E-state index in [1.807, 2.05) is 37.3 Å². The highest BCUT2D eigenvalue weighted by Gasteiger charge is 2.22. The Hall–Kier alpha value is -1.88. The highest BCUT2D eigenvalue weighted by molar-refractivity contribution is 5.85. The van der Waals surface area contributed by atoms with Crippen LogP contribution in [0, 0.1) is 0 Å². The third-order valence-electron chi connectivity index (χ3n) is 2.72. The standard InChI is InChI=1S/C13H19N3O2/c1-10(11-6-4-3-5-7-11)16(9-12(14)17)13(18)8-15-2/h3-7,10,15H,8-9H2,1-2H3,(H2,14,17)/t10-/m1/s1. The Balaban J connectivity index is 2.88. The molecule has 0 aliphatic carbocycles. The maximum atomic E-state index is 11.9. The zero-order valence-electron chi connectivity index (χ0n) is 10.7. The fraction of sp³-hybridized carbons (Fsp3) is 0.385. The van der Waals surface area contributed by atoms with Gasteiger partial charge >= 0.3 is 0 Å². The number of carbonyl (C=O) groups is 2.